The lowest BCUT2D eigenvalue weighted by molar-refractivity contribution is 0.424. The average molecular weight is 288 g/mol. The van der Waals surface area contributed by atoms with E-state index in [0.717, 1.165) is 18.4 Å². The topological polar surface area (TPSA) is 78.5 Å². The van der Waals surface area contributed by atoms with Gasteiger partial charge < -0.3 is 21.3 Å². The van der Waals surface area contributed by atoms with Crippen molar-refractivity contribution in [1.29, 1.82) is 0 Å². The summed E-state index contributed by atoms with van der Waals surface area (Å²) in [7, 11) is 0. The molecule has 0 aliphatic heterocycles. The molecular formula is C16H17FN2O2. The third-order valence-electron chi connectivity index (χ3n) is 3.97. The van der Waals surface area contributed by atoms with Crippen molar-refractivity contribution in [2.24, 2.45) is 0 Å². The van der Waals surface area contributed by atoms with Crippen LogP contribution in [0.1, 0.15) is 24.0 Å². The number of halogens is 1. The Balaban J connectivity index is 1.80. The first-order valence-corrected chi connectivity index (χ1v) is 6.82. The molecular weight excluding hydrogens is 271 g/mol. The van der Waals surface area contributed by atoms with Crippen molar-refractivity contribution in [2.75, 3.05) is 5.73 Å². The molecule has 1 fully saturated rings. The van der Waals surface area contributed by atoms with Crippen LogP contribution >= 0.6 is 0 Å². The van der Waals surface area contributed by atoms with Gasteiger partial charge in [-0.1, -0.05) is 12.1 Å². The smallest absolute Gasteiger partial charge is 0.150 e. The third kappa shape index (κ3) is 2.52. The Morgan fingerprint density at radius 3 is 2.62 bits per heavy atom. The number of nitrogen functional groups attached to an aromatic ring is 1. The van der Waals surface area contributed by atoms with Gasteiger partial charge in [0.05, 0.1) is 5.69 Å². The summed E-state index contributed by atoms with van der Waals surface area (Å²) in [4.78, 5) is 0. The molecule has 1 aliphatic carbocycles. The summed E-state index contributed by atoms with van der Waals surface area (Å²) < 4.78 is 13.9. The van der Waals surface area contributed by atoms with E-state index in [9.17, 15) is 14.6 Å². The molecule has 0 amide bonds. The van der Waals surface area contributed by atoms with Crippen LogP contribution in [0.2, 0.25) is 0 Å². The lowest BCUT2D eigenvalue weighted by Crippen LogP contribution is -2.28. The third-order valence-corrected chi connectivity index (χ3v) is 3.97. The van der Waals surface area contributed by atoms with Crippen LogP contribution in [0.3, 0.4) is 0 Å². The van der Waals surface area contributed by atoms with Crippen LogP contribution in [-0.4, -0.2) is 10.2 Å². The Morgan fingerprint density at radius 2 is 1.95 bits per heavy atom. The zero-order valence-corrected chi connectivity index (χ0v) is 11.4. The summed E-state index contributed by atoms with van der Waals surface area (Å²) >= 11 is 0. The van der Waals surface area contributed by atoms with E-state index in [1.54, 1.807) is 18.2 Å². The van der Waals surface area contributed by atoms with Crippen molar-refractivity contribution in [3.8, 4) is 11.5 Å². The van der Waals surface area contributed by atoms with E-state index in [0.29, 0.717) is 12.1 Å². The first kappa shape index (κ1) is 13.7. The number of aromatic hydroxyl groups is 2. The number of anilines is 1. The van der Waals surface area contributed by atoms with Gasteiger partial charge in [-0.05, 0) is 31.0 Å². The molecule has 0 radical (unpaired) electrons. The number of phenolic OH excluding ortho intramolecular Hbond substituents is 2. The van der Waals surface area contributed by atoms with Crippen molar-refractivity contribution in [2.45, 2.75) is 24.9 Å². The standard InChI is InChI=1S/C16H17FN2O2/c17-15-10(2-1-3-13(15)18)9-19-16(6-7-16)12-5-4-11(20)8-14(12)21/h1-5,8,19-21H,6-7,9,18H2. The fraction of sp³-hybridized carbons (Fsp3) is 0.250. The van der Waals surface area contributed by atoms with Crippen molar-refractivity contribution >= 4 is 5.69 Å². The van der Waals surface area contributed by atoms with E-state index in [4.69, 9.17) is 5.73 Å². The molecule has 0 saturated heterocycles. The number of hydrogen-bond acceptors (Lipinski definition) is 4. The molecule has 2 aromatic rings. The van der Waals surface area contributed by atoms with Gasteiger partial charge in [0.25, 0.3) is 0 Å². The molecule has 0 atom stereocenters. The Kier molecular flexibility index (Phi) is 3.22. The highest BCUT2D eigenvalue weighted by Gasteiger charge is 2.45. The molecule has 2 aromatic carbocycles. The van der Waals surface area contributed by atoms with Crippen LogP contribution in [0.25, 0.3) is 0 Å². The minimum absolute atomic E-state index is 0.0222. The summed E-state index contributed by atoms with van der Waals surface area (Å²) in [6.07, 6.45) is 1.71. The van der Waals surface area contributed by atoms with Gasteiger partial charge in [-0.25, -0.2) is 4.39 Å². The molecule has 5 N–H and O–H groups in total. The summed E-state index contributed by atoms with van der Waals surface area (Å²) in [5.74, 6) is -0.335. The second-order valence-corrected chi connectivity index (χ2v) is 5.46. The Bertz CT molecular complexity index is 684. The molecule has 0 bridgehead atoms. The van der Waals surface area contributed by atoms with E-state index >= 15 is 0 Å². The van der Waals surface area contributed by atoms with Crippen molar-refractivity contribution in [3.63, 3.8) is 0 Å². The summed E-state index contributed by atoms with van der Waals surface area (Å²) in [5.41, 5.74) is 6.56. The summed E-state index contributed by atoms with van der Waals surface area (Å²) in [6.45, 7) is 0.331. The lowest BCUT2D eigenvalue weighted by atomic mass is 10.0. The average Bonchev–Trinajstić information content (AvgIpc) is 3.21. The van der Waals surface area contributed by atoms with Crippen LogP contribution in [0.15, 0.2) is 36.4 Å². The van der Waals surface area contributed by atoms with E-state index < -0.39 is 5.82 Å². The van der Waals surface area contributed by atoms with E-state index in [1.807, 2.05) is 0 Å². The van der Waals surface area contributed by atoms with Crippen LogP contribution in [-0.2, 0) is 12.1 Å². The van der Waals surface area contributed by atoms with E-state index in [1.165, 1.54) is 18.2 Å². The maximum Gasteiger partial charge on any atom is 0.150 e. The summed E-state index contributed by atoms with van der Waals surface area (Å²) in [6, 6.07) is 9.48. The predicted octanol–water partition coefficient (Wildman–Crippen LogP) is 2.60. The molecule has 4 nitrogen and oxygen atoms in total. The van der Waals surface area contributed by atoms with Crippen molar-refractivity contribution < 1.29 is 14.6 Å². The molecule has 110 valence electrons. The molecule has 21 heavy (non-hydrogen) atoms. The second kappa shape index (κ2) is 4.93. The fourth-order valence-electron chi connectivity index (χ4n) is 2.59. The zero-order chi connectivity index (χ0) is 15.0. The highest BCUT2D eigenvalue weighted by Crippen LogP contribution is 2.49. The van der Waals surface area contributed by atoms with Gasteiger partial charge in [-0.3, -0.25) is 0 Å². The maximum absolute atomic E-state index is 13.9. The van der Waals surface area contributed by atoms with Gasteiger partial charge in [0, 0.05) is 29.3 Å². The quantitative estimate of drug-likeness (QED) is 0.652. The zero-order valence-electron chi connectivity index (χ0n) is 11.4. The second-order valence-electron chi connectivity index (χ2n) is 5.46. The number of hydrogen-bond donors (Lipinski definition) is 4. The minimum atomic E-state index is -0.407. The lowest BCUT2D eigenvalue weighted by Gasteiger charge is -2.19. The number of phenols is 2. The molecule has 0 spiro atoms. The largest absolute Gasteiger partial charge is 0.508 e. The van der Waals surface area contributed by atoms with Crippen LogP contribution < -0.4 is 11.1 Å². The first-order chi connectivity index (χ1) is 10.0. The fourth-order valence-corrected chi connectivity index (χ4v) is 2.59. The molecule has 5 heteroatoms. The highest BCUT2D eigenvalue weighted by atomic mass is 19.1. The van der Waals surface area contributed by atoms with Gasteiger partial charge in [0.15, 0.2) is 5.82 Å². The molecule has 1 saturated carbocycles. The van der Waals surface area contributed by atoms with Crippen LogP contribution in [0.5, 0.6) is 11.5 Å². The summed E-state index contributed by atoms with van der Waals surface area (Å²) in [5, 5.41) is 22.6. The van der Waals surface area contributed by atoms with Crippen LogP contribution in [0, 0.1) is 5.82 Å². The first-order valence-electron chi connectivity index (χ1n) is 6.82. The normalized spacial score (nSPS) is 15.9. The van der Waals surface area contributed by atoms with Gasteiger partial charge in [-0.2, -0.15) is 0 Å². The Labute approximate surface area is 122 Å². The number of nitrogens with two attached hydrogens (primary N) is 1. The molecule has 3 rings (SSSR count). The molecule has 0 heterocycles. The van der Waals surface area contributed by atoms with E-state index in [2.05, 4.69) is 5.32 Å². The Morgan fingerprint density at radius 1 is 1.19 bits per heavy atom. The van der Waals surface area contributed by atoms with Gasteiger partial charge in [0.1, 0.15) is 11.5 Å². The van der Waals surface area contributed by atoms with E-state index in [-0.39, 0.29) is 22.7 Å². The SMILES string of the molecule is Nc1cccc(CNC2(c3ccc(O)cc3O)CC2)c1F. The number of benzene rings is 2. The van der Waals surface area contributed by atoms with Gasteiger partial charge >= 0.3 is 0 Å². The maximum atomic E-state index is 13.9. The molecule has 1 aliphatic rings. The molecule has 0 unspecified atom stereocenters. The molecule has 0 aromatic heterocycles. The Hall–Kier alpha value is -2.27. The minimum Gasteiger partial charge on any atom is -0.508 e. The number of rotatable bonds is 4. The van der Waals surface area contributed by atoms with Crippen molar-refractivity contribution in [3.05, 3.63) is 53.3 Å². The number of nitrogens with one attached hydrogen (secondary N) is 1. The predicted molar refractivity (Wildman–Crippen MR) is 78.3 cm³/mol. The van der Waals surface area contributed by atoms with Gasteiger partial charge in [0.2, 0.25) is 0 Å². The highest BCUT2D eigenvalue weighted by molar-refractivity contribution is 5.46. The van der Waals surface area contributed by atoms with Crippen LogP contribution in [0.4, 0.5) is 10.1 Å². The van der Waals surface area contributed by atoms with Crippen molar-refractivity contribution in [1.82, 2.24) is 5.32 Å². The monoisotopic (exact) mass is 288 g/mol. The van der Waals surface area contributed by atoms with Gasteiger partial charge in [-0.15, -0.1) is 0 Å².